The van der Waals surface area contributed by atoms with Crippen molar-refractivity contribution in [2.24, 2.45) is 7.05 Å². The molecule has 1 N–H and O–H groups in total. The van der Waals surface area contributed by atoms with Crippen molar-refractivity contribution in [3.63, 3.8) is 0 Å². The van der Waals surface area contributed by atoms with Crippen molar-refractivity contribution >= 4 is 38.5 Å². The molecule has 4 aromatic rings. The molecule has 0 aliphatic carbocycles. The van der Waals surface area contributed by atoms with Gasteiger partial charge in [0.2, 0.25) is 0 Å². The predicted molar refractivity (Wildman–Crippen MR) is 107 cm³/mol. The number of thiophene rings is 1. The van der Waals surface area contributed by atoms with E-state index in [9.17, 15) is 23.1 Å². The van der Waals surface area contributed by atoms with E-state index in [1.165, 1.54) is 23.5 Å². The molecule has 0 spiro atoms. The van der Waals surface area contributed by atoms with Gasteiger partial charge >= 0.3 is 6.18 Å². The number of β-amino-alcohol motifs (C(OH)–C–C–N with tert-alkyl or cyclic N) is 1. The third-order valence-corrected chi connectivity index (χ3v) is 6.48. The van der Waals surface area contributed by atoms with Crippen LogP contribution in [-0.2, 0) is 13.2 Å². The highest BCUT2D eigenvalue weighted by Gasteiger charge is 2.31. The lowest BCUT2D eigenvalue weighted by molar-refractivity contribution is -0.137. The monoisotopic (exact) mass is 434 g/mol. The molecule has 1 atom stereocenters. The number of likely N-dealkylation sites (tertiary alicyclic amines) is 1. The second-order valence-electron chi connectivity index (χ2n) is 7.44. The molecule has 1 aromatic carbocycles. The van der Waals surface area contributed by atoms with Gasteiger partial charge in [0.1, 0.15) is 0 Å². The molecular formula is C20H17F3N4O2S. The van der Waals surface area contributed by atoms with E-state index >= 15 is 0 Å². The van der Waals surface area contributed by atoms with Crippen molar-refractivity contribution in [2.75, 3.05) is 13.1 Å². The van der Waals surface area contributed by atoms with Crippen LogP contribution in [0.1, 0.15) is 21.7 Å². The van der Waals surface area contributed by atoms with Crippen molar-refractivity contribution < 1.29 is 23.1 Å². The Labute approximate surface area is 172 Å². The molecule has 1 aliphatic heterocycles. The number of carbonyl (C=O) groups excluding carboxylic acids is 1. The van der Waals surface area contributed by atoms with E-state index in [1.807, 2.05) is 6.20 Å². The zero-order valence-electron chi connectivity index (χ0n) is 15.8. The van der Waals surface area contributed by atoms with Crippen LogP contribution >= 0.6 is 11.3 Å². The molecule has 10 heteroatoms. The summed E-state index contributed by atoms with van der Waals surface area (Å²) in [7, 11) is 1.77. The second-order valence-corrected chi connectivity index (χ2v) is 8.49. The molecule has 1 saturated heterocycles. The van der Waals surface area contributed by atoms with E-state index in [2.05, 4.69) is 5.10 Å². The fourth-order valence-electron chi connectivity index (χ4n) is 3.90. The Hall–Kier alpha value is -2.85. The summed E-state index contributed by atoms with van der Waals surface area (Å²) < 4.78 is 43.1. The highest BCUT2D eigenvalue weighted by Crippen LogP contribution is 2.38. The number of hydrogen-bond acceptors (Lipinski definition) is 4. The van der Waals surface area contributed by atoms with Gasteiger partial charge in [0.25, 0.3) is 5.91 Å². The first-order valence-electron chi connectivity index (χ1n) is 9.35. The number of aliphatic hydroxyl groups excluding tert-OH is 1. The standard InChI is InChI=1S/C20H17F3N4O2S/c1-25-10-14-17-15(8-16(30-17)19(29)26-7-6-13(28)9-26)27(18(14)24-25)12-4-2-11(3-5-12)20(21,22)23/h2-5,8,10,13,28H,6-7,9H2,1H3/t13-/m1/s1. The van der Waals surface area contributed by atoms with Gasteiger partial charge in [-0.15, -0.1) is 11.3 Å². The number of alkyl halides is 3. The Morgan fingerprint density at radius 1 is 1.27 bits per heavy atom. The number of rotatable bonds is 2. The van der Waals surface area contributed by atoms with Gasteiger partial charge in [0, 0.05) is 32.0 Å². The molecule has 0 bridgehead atoms. The molecule has 0 unspecified atom stereocenters. The zero-order chi connectivity index (χ0) is 21.2. The van der Waals surface area contributed by atoms with E-state index < -0.39 is 17.8 Å². The summed E-state index contributed by atoms with van der Waals surface area (Å²) in [5.74, 6) is -0.149. The first kappa shape index (κ1) is 19.1. The fourth-order valence-corrected chi connectivity index (χ4v) is 5.02. The van der Waals surface area contributed by atoms with Gasteiger partial charge in [-0.05, 0) is 36.8 Å². The molecule has 156 valence electrons. The first-order chi connectivity index (χ1) is 14.2. The van der Waals surface area contributed by atoms with Crippen LogP contribution in [0.15, 0.2) is 36.5 Å². The number of halogens is 3. The van der Waals surface area contributed by atoms with Crippen molar-refractivity contribution in [1.82, 2.24) is 19.2 Å². The fraction of sp³-hybridized carbons (Fsp3) is 0.300. The Morgan fingerprint density at radius 3 is 2.63 bits per heavy atom. The lowest BCUT2D eigenvalue weighted by Crippen LogP contribution is -2.28. The number of amides is 1. The van der Waals surface area contributed by atoms with E-state index in [0.717, 1.165) is 27.7 Å². The number of aliphatic hydroxyl groups is 1. The summed E-state index contributed by atoms with van der Waals surface area (Å²) in [6, 6.07) is 6.66. The smallest absolute Gasteiger partial charge is 0.391 e. The van der Waals surface area contributed by atoms with Gasteiger partial charge in [-0.25, -0.2) is 0 Å². The van der Waals surface area contributed by atoms with Crippen molar-refractivity contribution in [3.05, 3.63) is 47.0 Å². The highest BCUT2D eigenvalue weighted by atomic mass is 32.1. The average Bonchev–Trinajstić information content (AvgIpc) is 3.43. The van der Waals surface area contributed by atoms with E-state index in [0.29, 0.717) is 35.7 Å². The van der Waals surface area contributed by atoms with Crippen molar-refractivity contribution in [2.45, 2.75) is 18.7 Å². The van der Waals surface area contributed by atoms with Gasteiger partial charge in [-0.3, -0.25) is 14.0 Å². The highest BCUT2D eigenvalue weighted by molar-refractivity contribution is 7.21. The maximum absolute atomic E-state index is 13.0. The minimum atomic E-state index is -4.41. The summed E-state index contributed by atoms with van der Waals surface area (Å²) in [5.41, 5.74) is 1.16. The van der Waals surface area contributed by atoms with Crippen LogP contribution in [-0.4, -0.2) is 49.5 Å². The number of fused-ring (bicyclic) bond motifs is 3. The van der Waals surface area contributed by atoms with Crippen molar-refractivity contribution in [1.29, 1.82) is 0 Å². The van der Waals surface area contributed by atoms with E-state index in [4.69, 9.17) is 0 Å². The van der Waals surface area contributed by atoms with Crippen LogP contribution < -0.4 is 0 Å². The van der Waals surface area contributed by atoms with Gasteiger partial charge in [0.15, 0.2) is 5.65 Å². The normalized spacial score (nSPS) is 17.5. The van der Waals surface area contributed by atoms with Crippen LogP contribution in [0.4, 0.5) is 13.2 Å². The number of aryl methyl sites for hydroxylation is 1. The van der Waals surface area contributed by atoms with Crippen LogP contribution in [0.3, 0.4) is 0 Å². The molecule has 1 aliphatic rings. The zero-order valence-corrected chi connectivity index (χ0v) is 16.7. The molecule has 1 amide bonds. The Balaban J connectivity index is 1.64. The Bertz CT molecular complexity index is 1270. The Morgan fingerprint density at radius 2 is 2.00 bits per heavy atom. The molecule has 6 nitrogen and oxygen atoms in total. The summed E-state index contributed by atoms with van der Waals surface area (Å²) in [4.78, 5) is 15.0. The maximum atomic E-state index is 13.0. The number of nitrogens with zero attached hydrogens (tertiary/aromatic N) is 4. The SMILES string of the molecule is Cn1cc2c3sc(C(=O)N4CC[C@@H](O)C4)cc3n(-c3ccc(C(F)(F)F)cc3)c2n1. The number of benzene rings is 1. The van der Waals surface area contributed by atoms with Gasteiger partial charge in [-0.1, -0.05) is 0 Å². The minimum absolute atomic E-state index is 0.149. The average molecular weight is 434 g/mol. The molecule has 0 saturated carbocycles. The van der Waals surface area contributed by atoms with E-state index in [1.54, 1.807) is 27.3 Å². The lowest BCUT2D eigenvalue weighted by atomic mass is 10.2. The summed E-state index contributed by atoms with van der Waals surface area (Å²) in [6.45, 7) is 0.811. The molecule has 3 aromatic heterocycles. The van der Waals surface area contributed by atoms with Crippen molar-refractivity contribution in [3.8, 4) is 5.69 Å². The summed E-state index contributed by atoms with van der Waals surface area (Å²) >= 11 is 1.33. The summed E-state index contributed by atoms with van der Waals surface area (Å²) in [5, 5.41) is 15.0. The van der Waals surface area contributed by atoms with Crippen LogP contribution in [0.25, 0.3) is 26.9 Å². The molecular weight excluding hydrogens is 417 g/mol. The third-order valence-electron chi connectivity index (χ3n) is 5.33. The predicted octanol–water partition coefficient (Wildman–Crippen LogP) is 3.80. The second kappa shape index (κ2) is 6.58. The quantitative estimate of drug-likeness (QED) is 0.522. The molecule has 4 heterocycles. The van der Waals surface area contributed by atoms with Crippen LogP contribution in [0, 0.1) is 0 Å². The van der Waals surface area contributed by atoms with Gasteiger partial charge < -0.3 is 10.0 Å². The van der Waals surface area contributed by atoms with Crippen LogP contribution in [0.5, 0.6) is 0 Å². The largest absolute Gasteiger partial charge is 0.416 e. The third kappa shape index (κ3) is 2.98. The number of aromatic nitrogens is 3. The van der Waals surface area contributed by atoms with Gasteiger partial charge in [-0.2, -0.15) is 18.3 Å². The topological polar surface area (TPSA) is 63.3 Å². The molecule has 30 heavy (non-hydrogen) atoms. The van der Waals surface area contributed by atoms with Gasteiger partial charge in [0.05, 0.1) is 32.1 Å². The first-order valence-corrected chi connectivity index (χ1v) is 10.2. The Kier molecular flexibility index (Phi) is 4.19. The lowest BCUT2D eigenvalue weighted by Gasteiger charge is -2.13. The summed E-state index contributed by atoms with van der Waals surface area (Å²) in [6.07, 6.45) is -2.52. The molecule has 0 radical (unpaired) electrons. The maximum Gasteiger partial charge on any atom is 0.416 e. The van der Waals surface area contributed by atoms with E-state index in [-0.39, 0.29) is 5.91 Å². The number of hydrogen-bond donors (Lipinski definition) is 1. The number of carbonyl (C=O) groups is 1. The van der Waals surface area contributed by atoms with Crippen LogP contribution in [0.2, 0.25) is 0 Å². The minimum Gasteiger partial charge on any atom is -0.391 e. The molecule has 5 rings (SSSR count). The molecule has 1 fully saturated rings.